The van der Waals surface area contributed by atoms with E-state index >= 15 is 0 Å². The van der Waals surface area contributed by atoms with Crippen LogP contribution in [0.5, 0.6) is 0 Å². The molecule has 0 amide bonds. The second-order valence-corrected chi connectivity index (χ2v) is 6.18. The molecule has 6 heteroatoms. The Balaban J connectivity index is 2.43. The lowest BCUT2D eigenvalue weighted by atomic mass is 9.83. The summed E-state index contributed by atoms with van der Waals surface area (Å²) in [4.78, 5) is 15.6. The summed E-state index contributed by atoms with van der Waals surface area (Å²) >= 11 is 0. The first-order valence-electron chi connectivity index (χ1n) is 8.08. The van der Waals surface area contributed by atoms with E-state index in [9.17, 15) is 4.79 Å². The van der Waals surface area contributed by atoms with Gasteiger partial charge in [-0.2, -0.15) is 0 Å². The van der Waals surface area contributed by atoms with Gasteiger partial charge in [0, 0.05) is 33.9 Å². The first kappa shape index (κ1) is 18.7. The lowest BCUT2D eigenvalue weighted by molar-refractivity contribution is -0.144. The van der Waals surface area contributed by atoms with Gasteiger partial charge in [-0.3, -0.25) is 9.79 Å². The molecule has 1 atom stereocenters. The zero-order valence-corrected chi connectivity index (χ0v) is 14.4. The molecule has 0 bridgehead atoms. The van der Waals surface area contributed by atoms with Crippen LogP contribution in [0.4, 0.5) is 0 Å². The number of hydrogen-bond acceptors (Lipinski definition) is 4. The highest BCUT2D eigenvalue weighted by molar-refractivity contribution is 5.80. The maximum Gasteiger partial charge on any atom is 0.310 e. The molecule has 2 N–H and O–H groups in total. The van der Waals surface area contributed by atoms with Gasteiger partial charge in [0.1, 0.15) is 0 Å². The van der Waals surface area contributed by atoms with E-state index in [1.54, 1.807) is 14.2 Å². The average Bonchev–Trinajstić information content (AvgIpc) is 3.01. The fraction of sp³-hybridized carbons (Fsp3) is 0.875. The molecule has 1 aliphatic rings. The van der Waals surface area contributed by atoms with E-state index in [0.29, 0.717) is 12.0 Å². The normalized spacial score (nSPS) is 18.8. The van der Waals surface area contributed by atoms with Crippen LogP contribution >= 0.6 is 0 Å². The molecule has 0 heterocycles. The van der Waals surface area contributed by atoms with E-state index in [1.165, 1.54) is 32.8 Å². The molecule has 1 saturated carbocycles. The van der Waals surface area contributed by atoms with Crippen molar-refractivity contribution >= 4 is 11.9 Å². The van der Waals surface area contributed by atoms with Gasteiger partial charge in [-0.1, -0.05) is 19.8 Å². The van der Waals surface area contributed by atoms with E-state index in [1.807, 2.05) is 6.92 Å². The van der Waals surface area contributed by atoms with Crippen molar-refractivity contribution in [3.8, 4) is 0 Å². The minimum atomic E-state index is -0.213. The Kier molecular flexibility index (Phi) is 8.24. The first-order chi connectivity index (χ1) is 10.6. The molecule has 22 heavy (non-hydrogen) atoms. The largest absolute Gasteiger partial charge is 0.469 e. The number of guanidine groups is 1. The van der Waals surface area contributed by atoms with Gasteiger partial charge in [0.25, 0.3) is 0 Å². The van der Waals surface area contributed by atoms with Crippen LogP contribution < -0.4 is 10.6 Å². The summed E-state index contributed by atoms with van der Waals surface area (Å²) in [5, 5.41) is 6.59. The second-order valence-electron chi connectivity index (χ2n) is 6.18. The zero-order chi connectivity index (χ0) is 16.4. The number of ether oxygens (including phenoxy) is 2. The quantitative estimate of drug-likeness (QED) is 0.404. The number of esters is 1. The van der Waals surface area contributed by atoms with E-state index < -0.39 is 0 Å². The number of rotatable bonds is 8. The number of carbonyl (C=O) groups is 1. The summed E-state index contributed by atoms with van der Waals surface area (Å²) in [6.07, 6.45) is 6.12. The third-order valence-corrected chi connectivity index (χ3v) is 4.53. The monoisotopic (exact) mass is 313 g/mol. The Labute approximate surface area is 134 Å². The second kappa shape index (κ2) is 9.66. The number of hydrogen-bond donors (Lipinski definition) is 2. The van der Waals surface area contributed by atoms with Crippen molar-refractivity contribution in [2.45, 2.75) is 39.0 Å². The van der Waals surface area contributed by atoms with Gasteiger partial charge in [0.05, 0.1) is 13.0 Å². The molecule has 0 radical (unpaired) electrons. The van der Waals surface area contributed by atoms with Crippen LogP contribution in [-0.2, 0) is 14.3 Å². The van der Waals surface area contributed by atoms with Gasteiger partial charge >= 0.3 is 5.97 Å². The Morgan fingerprint density at radius 2 is 1.95 bits per heavy atom. The SMILES string of the molecule is CN=C(NCC(C)C(=O)OC)NCC1(CCOC)CCCC1. The van der Waals surface area contributed by atoms with Crippen LogP contribution in [0.1, 0.15) is 39.0 Å². The topological polar surface area (TPSA) is 72.0 Å². The number of nitrogens with zero attached hydrogens (tertiary/aromatic N) is 1. The summed E-state index contributed by atoms with van der Waals surface area (Å²) in [6, 6.07) is 0. The first-order valence-corrected chi connectivity index (χ1v) is 8.08. The van der Waals surface area contributed by atoms with Gasteiger partial charge in [-0.15, -0.1) is 0 Å². The number of methoxy groups -OCH3 is 2. The summed E-state index contributed by atoms with van der Waals surface area (Å²) in [5.74, 6) is 0.326. The number of nitrogens with one attached hydrogen (secondary N) is 2. The Hall–Kier alpha value is -1.30. The van der Waals surface area contributed by atoms with Crippen molar-refractivity contribution in [3.63, 3.8) is 0 Å². The maximum absolute atomic E-state index is 11.4. The minimum Gasteiger partial charge on any atom is -0.469 e. The average molecular weight is 313 g/mol. The molecular formula is C16H31N3O3. The lowest BCUT2D eigenvalue weighted by Crippen LogP contribution is -2.45. The molecule has 0 aromatic rings. The summed E-state index contributed by atoms with van der Waals surface area (Å²) < 4.78 is 9.98. The van der Waals surface area contributed by atoms with E-state index in [2.05, 4.69) is 15.6 Å². The Morgan fingerprint density at radius 3 is 2.50 bits per heavy atom. The Morgan fingerprint density at radius 1 is 1.27 bits per heavy atom. The standard InChI is InChI=1S/C16H31N3O3/c1-13(14(20)22-4)11-18-15(17-2)19-12-16(9-10-21-3)7-5-6-8-16/h13H,5-12H2,1-4H3,(H2,17,18,19). The third kappa shape index (κ3) is 5.83. The molecule has 0 spiro atoms. The molecule has 1 unspecified atom stereocenters. The summed E-state index contributed by atoms with van der Waals surface area (Å²) in [7, 11) is 4.91. The molecule has 128 valence electrons. The summed E-state index contributed by atoms with van der Waals surface area (Å²) in [5.41, 5.74) is 0.307. The molecule has 0 aromatic carbocycles. The van der Waals surface area contributed by atoms with Gasteiger partial charge in [0.15, 0.2) is 5.96 Å². The predicted octanol–water partition coefficient (Wildman–Crippen LogP) is 1.56. The van der Waals surface area contributed by atoms with E-state index in [4.69, 9.17) is 9.47 Å². The van der Waals surface area contributed by atoms with E-state index in [-0.39, 0.29) is 11.9 Å². The third-order valence-electron chi connectivity index (χ3n) is 4.53. The molecule has 0 aromatic heterocycles. The lowest BCUT2D eigenvalue weighted by Gasteiger charge is -2.30. The van der Waals surface area contributed by atoms with Crippen LogP contribution in [0.2, 0.25) is 0 Å². The molecule has 6 nitrogen and oxygen atoms in total. The molecule has 0 aliphatic heterocycles. The van der Waals surface area contributed by atoms with Crippen molar-refractivity contribution < 1.29 is 14.3 Å². The molecule has 1 fully saturated rings. The maximum atomic E-state index is 11.4. The zero-order valence-electron chi connectivity index (χ0n) is 14.4. The molecular weight excluding hydrogens is 282 g/mol. The highest BCUT2D eigenvalue weighted by Crippen LogP contribution is 2.40. The van der Waals surface area contributed by atoms with Crippen molar-refractivity contribution in [2.24, 2.45) is 16.3 Å². The van der Waals surface area contributed by atoms with Crippen LogP contribution in [-0.4, -0.2) is 52.9 Å². The van der Waals surface area contributed by atoms with Gasteiger partial charge < -0.3 is 20.1 Å². The van der Waals surface area contributed by atoms with Crippen molar-refractivity contribution in [1.82, 2.24) is 10.6 Å². The Bertz CT molecular complexity index is 366. The van der Waals surface area contributed by atoms with Crippen LogP contribution in [0.25, 0.3) is 0 Å². The molecule has 1 rings (SSSR count). The number of aliphatic imine (C=N–C) groups is 1. The van der Waals surface area contributed by atoms with Crippen molar-refractivity contribution in [1.29, 1.82) is 0 Å². The molecule has 1 aliphatic carbocycles. The smallest absolute Gasteiger partial charge is 0.310 e. The fourth-order valence-corrected chi connectivity index (χ4v) is 2.98. The van der Waals surface area contributed by atoms with E-state index in [0.717, 1.165) is 25.5 Å². The highest BCUT2D eigenvalue weighted by Gasteiger charge is 2.33. The van der Waals surface area contributed by atoms with Crippen molar-refractivity contribution in [3.05, 3.63) is 0 Å². The van der Waals surface area contributed by atoms with Gasteiger partial charge in [-0.25, -0.2) is 0 Å². The van der Waals surface area contributed by atoms with Crippen LogP contribution in [0.15, 0.2) is 4.99 Å². The minimum absolute atomic E-state index is 0.197. The summed E-state index contributed by atoms with van der Waals surface area (Å²) in [6.45, 7) is 4.04. The number of carbonyl (C=O) groups excluding carboxylic acids is 1. The van der Waals surface area contributed by atoms with Gasteiger partial charge in [0.2, 0.25) is 0 Å². The fourth-order valence-electron chi connectivity index (χ4n) is 2.98. The molecule has 0 saturated heterocycles. The van der Waals surface area contributed by atoms with Gasteiger partial charge in [-0.05, 0) is 24.7 Å². The predicted molar refractivity (Wildman–Crippen MR) is 87.9 cm³/mol. The van der Waals surface area contributed by atoms with Crippen LogP contribution in [0, 0.1) is 11.3 Å². The highest BCUT2D eigenvalue weighted by atomic mass is 16.5. The van der Waals surface area contributed by atoms with Crippen molar-refractivity contribution in [2.75, 3.05) is 41.0 Å². The van der Waals surface area contributed by atoms with Crippen LogP contribution in [0.3, 0.4) is 0 Å².